The Bertz CT molecular complexity index is 692. The molecule has 6 nitrogen and oxygen atoms in total. The lowest BCUT2D eigenvalue weighted by molar-refractivity contribution is 0.413. The first-order valence-corrected chi connectivity index (χ1v) is 6.37. The van der Waals surface area contributed by atoms with Gasteiger partial charge in [-0.3, -0.25) is 4.79 Å². The van der Waals surface area contributed by atoms with Gasteiger partial charge in [-0.1, -0.05) is 0 Å². The van der Waals surface area contributed by atoms with Crippen LogP contribution >= 0.6 is 0 Å². The molecule has 1 heterocycles. The summed E-state index contributed by atoms with van der Waals surface area (Å²) in [7, 11) is 1.54. The molecule has 1 aliphatic carbocycles. The molecule has 3 rings (SSSR count). The average molecular weight is 273 g/mol. The first kappa shape index (κ1) is 12.5. The normalized spacial score (nSPS) is 14.1. The van der Waals surface area contributed by atoms with Crippen LogP contribution in [0.3, 0.4) is 0 Å². The van der Waals surface area contributed by atoms with E-state index in [2.05, 4.69) is 4.98 Å². The smallest absolute Gasteiger partial charge is 0.313 e. The van der Waals surface area contributed by atoms with Gasteiger partial charge in [-0.25, -0.2) is 4.98 Å². The summed E-state index contributed by atoms with van der Waals surface area (Å²) < 4.78 is 12.3. The predicted octanol–water partition coefficient (Wildman–Crippen LogP) is 1.96. The van der Waals surface area contributed by atoms with Crippen LogP contribution in [-0.4, -0.2) is 16.7 Å². The lowest BCUT2D eigenvalue weighted by Gasteiger charge is -2.09. The zero-order valence-corrected chi connectivity index (χ0v) is 11.1. The van der Waals surface area contributed by atoms with Gasteiger partial charge in [0.1, 0.15) is 11.5 Å². The Labute approximate surface area is 115 Å². The largest absolute Gasteiger partial charge is 0.495 e. The highest BCUT2D eigenvalue weighted by molar-refractivity contribution is 5.56. The minimum Gasteiger partial charge on any atom is -0.495 e. The molecule has 1 aliphatic rings. The van der Waals surface area contributed by atoms with Crippen LogP contribution in [0, 0.1) is 0 Å². The van der Waals surface area contributed by atoms with Gasteiger partial charge in [0.25, 0.3) is 5.88 Å². The summed E-state index contributed by atoms with van der Waals surface area (Å²) in [6.07, 6.45) is 5.31. The summed E-state index contributed by atoms with van der Waals surface area (Å²) in [4.78, 5) is 16.2. The first-order chi connectivity index (χ1) is 9.69. The van der Waals surface area contributed by atoms with E-state index >= 15 is 0 Å². The lowest BCUT2D eigenvalue weighted by atomic mass is 10.3. The van der Waals surface area contributed by atoms with E-state index in [1.807, 2.05) is 0 Å². The number of aromatic nitrogens is 2. The van der Waals surface area contributed by atoms with Crippen LogP contribution in [0.4, 0.5) is 5.69 Å². The first-order valence-electron chi connectivity index (χ1n) is 6.37. The summed E-state index contributed by atoms with van der Waals surface area (Å²) >= 11 is 0. The second-order valence-electron chi connectivity index (χ2n) is 4.68. The molecule has 0 unspecified atom stereocenters. The van der Waals surface area contributed by atoms with E-state index in [9.17, 15) is 4.79 Å². The minimum absolute atomic E-state index is 0.0592. The third kappa shape index (κ3) is 2.32. The van der Waals surface area contributed by atoms with Crippen molar-refractivity contribution < 1.29 is 9.47 Å². The molecule has 1 aromatic carbocycles. The molecule has 20 heavy (non-hydrogen) atoms. The van der Waals surface area contributed by atoms with Crippen molar-refractivity contribution >= 4 is 5.69 Å². The standard InChI is InChI=1S/C14H15N3O3/c1-19-12-5-4-10(8-11(12)15)20-13-14(18)17(7-6-16-13)9-2-3-9/h4-9H,2-3,15H2,1H3. The average Bonchev–Trinajstić information content (AvgIpc) is 3.26. The number of rotatable bonds is 4. The number of nitrogen functional groups attached to an aromatic ring is 1. The second-order valence-corrected chi connectivity index (χ2v) is 4.68. The zero-order valence-electron chi connectivity index (χ0n) is 11.1. The minimum atomic E-state index is -0.218. The molecule has 0 saturated heterocycles. The van der Waals surface area contributed by atoms with Crippen LogP contribution in [-0.2, 0) is 0 Å². The Balaban J connectivity index is 1.89. The van der Waals surface area contributed by atoms with Gasteiger partial charge < -0.3 is 19.8 Å². The number of hydrogen-bond acceptors (Lipinski definition) is 5. The van der Waals surface area contributed by atoms with E-state index < -0.39 is 0 Å². The Hall–Kier alpha value is -2.50. The summed E-state index contributed by atoms with van der Waals surface area (Å²) in [5.74, 6) is 1.08. The molecule has 2 N–H and O–H groups in total. The Morgan fingerprint density at radius 1 is 1.40 bits per heavy atom. The summed E-state index contributed by atoms with van der Waals surface area (Å²) in [6.45, 7) is 0. The lowest BCUT2D eigenvalue weighted by Crippen LogP contribution is -2.20. The SMILES string of the molecule is COc1ccc(Oc2nccn(C3CC3)c2=O)cc1N. The van der Waals surface area contributed by atoms with Gasteiger partial charge in [0, 0.05) is 24.5 Å². The van der Waals surface area contributed by atoms with Gasteiger partial charge in [0.15, 0.2) is 0 Å². The third-order valence-electron chi connectivity index (χ3n) is 3.19. The highest BCUT2D eigenvalue weighted by Crippen LogP contribution is 2.33. The number of hydrogen-bond donors (Lipinski definition) is 1. The molecule has 2 aromatic rings. The zero-order chi connectivity index (χ0) is 14.1. The molecule has 0 radical (unpaired) electrons. The maximum Gasteiger partial charge on any atom is 0.313 e. The molecule has 0 spiro atoms. The molecule has 6 heteroatoms. The van der Waals surface area contributed by atoms with Gasteiger partial charge in [0.05, 0.1) is 12.8 Å². The van der Waals surface area contributed by atoms with Gasteiger partial charge in [-0.15, -0.1) is 0 Å². The van der Waals surface area contributed by atoms with Crippen molar-refractivity contribution in [1.29, 1.82) is 0 Å². The number of benzene rings is 1. The van der Waals surface area contributed by atoms with Crippen LogP contribution < -0.4 is 20.8 Å². The third-order valence-corrected chi connectivity index (χ3v) is 3.19. The predicted molar refractivity (Wildman–Crippen MR) is 74.2 cm³/mol. The van der Waals surface area contributed by atoms with Crippen LogP contribution in [0.15, 0.2) is 35.4 Å². The molecule has 1 aromatic heterocycles. The maximum absolute atomic E-state index is 12.2. The van der Waals surface area contributed by atoms with Crippen molar-refractivity contribution in [3.63, 3.8) is 0 Å². The summed E-state index contributed by atoms with van der Waals surface area (Å²) in [5.41, 5.74) is 6.03. The number of nitrogens with two attached hydrogens (primary N) is 1. The van der Waals surface area contributed by atoms with Gasteiger partial charge in [0.2, 0.25) is 0 Å². The maximum atomic E-state index is 12.2. The summed E-state index contributed by atoms with van der Waals surface area (Å²) in [6, 6.07) is 5.26. The van der Waals surface area contributed by atoms with Crippen LogP contribution in [0.25, 0.3) is 0 Å². The molecular weight excluding hydrogens is 258 g/mol. The van der Waals surface area contributed by atoms with Gasteiger partial charge in [-0.05, 0) is 25.0 Å². The molecule has 0 amide bonds. The highest BCUT2D eigenvalue weighted by Gasteiger charge is 2.25. The van der Waals surface area contributed by atoms with Gasteiger partial charge in [-0.2, -0.15) is 0 Å². The molecule has 104 valence electrons. The van der Waals surface area contributed by atoms with Crippen molar-refractivity contribution in [2.24, 2.45) is 0 Å². The molecule has 0 aliphatic heterocycles. The molecular formula is C14H15N3O3. The highest BCUT2D eigenvalue weighted by atomic mass is 16.5. The van der Waals surface area contributed by atoms with E-state index in [1.54, 1.807) is 42.3 Å². The van der Waals surface area contributed by atoms with E-state index in [1.165, 1.54) is 0 Å². The van der Waals surface area contributed by atoms with E-state index in [0.717, 1.165) is 12.8 Å². The van der Waals surface area contributed by atoms with Crippen LogP contribution in [0.1, 0.15) is 18.9 Å². The fourth-order valence-electron chi connectivity index (χ4n) is 2.00. The van der Waals surface area contributed by atoms with Crippen LogP contribution in [0.2, 0.25) is 0 Å². The number of methoxy groups -OCH3 is 1. The topological polar surface area (TPSA) is 79.4 Å². The molecule has 0 atom stereocenters. The fourth-order valence-corrected chi connectivity index (χ4v) is 2.00. The molecule has 1 fully saturated rings. The van der Waals surface area contributed by atoms with Gasteiger partial charge >= 0.3 is 5.56 Å². The Kier molecular flexibility index (Phi) is 3.06. The second kappa shape index (κ2) is 4.88. The fraction of sp³-hybridized carbons (Fsp3) is 0.286. The Morgan fingerprint density at radius 3 is 2.85 bits per heavy atom. The van der Waals surface area contributed by atoms with Crippen molar-refractivity contribution in [3.05, 3.63) is 40.9 Å². The monoisotopic (exact) mass is 273 g/mol. The van der Waals surface area contributed by atoms with Crippen molar-refractivity contribution in [1.82, 2.24) is 9.55 Å². The van der Waals surface area contributed by atoms with E-state index in [-0.39, 0.29) is 17.5 Å². The van der Waals surface area contributed by atoms with E-state index in [0.29, 0.717) is 17.2 Å². The van der Waals surface area contributed by atoms with Crippen molar-refractivity contribution in [2.75, 3.05) is 12.8 Å². The Morgan fingerprint density at radius 2 is 2.20 bits per heavy atom. The van der Waals surface area contributed by atoms with Crippen LogP contribution in [0.5, 0.6) is 17.4 Å². The van der Waals surface area contributed by atoms with E-state index in [4.69, 9.17) is 15.2 Å². The number of ether oxygens (including phenoxy) is 2. The number of anilines is 1. The summed E-state index contributed by atoms with van der Waals surface area (Å²) in [5, 5.41) is 0. The molecule has 0 bridgehead atoms. The quantitative estimate of drug-likeness (QED) is 0.861. The number of nitrogens with zero attached hydrogens (tertiary/aromatic N) is 2. The molecule has 1 saturated carbocycles. The van der Waals surface area contributed by atoms with Crippen molar-refractivity contribution in [2.45, 2.75) is 18.9 Å². The van der Waals surface area contributed by atoms with Crippen molar-refractivity contribution in [3.8, 4) is 17.4 Å².